The largest absolute Gasteiger partial charge is 0.493 e. The number of nitrogens with zero attached hydrogens (tertiary/aromatic N) is 1. The zero-order valence-electron chi connectivity index (χ0n) is 16.9. The molecule has 3 aromatic carbocycles. The van der Waals surface area contributed by atoms with Gasteiger partial charge in [-0.1, -0.05) is 36.4 Å². The molecule has 0 fully saturated rings. The third kappa shape index (κ3) is 5.32. The van der Waals surface area contributed by atoms with Gasteiger partial charge in [0, 0.05) is 15.6 Å². The number of ether oxygens (including phenoxy) is 3. The minimum atomic E-state index is -0.476. The monoisotopic (exact) mass is 525 g/mol. The molecule has 31 heavy (non-hydrogen) atoms. The van der Waals surface area contributed by atoms with E-state index < -0.39 is 5.97 Å². The molecule has 1 aliphatic rings. The molecule has 156 valence electrons. The maximum absolute atomic E-state index is 12.3. The average Bonchev–Trinajstić information content (AvgIpc) is 3.16. The van der Waals surface area contributed by atoms with Crippen molar-refractivity contribution in [1.82, 2.24) is 0 Å². The van der Waals surface area contributed by atoms with Crippen molar-refractivity contribution in [3.63, 3.8) is 0 Å². The molecule has 0 saturated carbocycles. The zero-order valence-corrected chi connectivity index (χ0v) is 19.0. The molecule has 4 rings (SSSR count). The molecule has 0 amide bonds. The van der Waals surface area contributed by atoms with Gasteiger partial charge in [0.1, 0.15) is 0 Å². The SMILES string of the molecule is COc1cc(/C=C2\N=C(c3ccc(I)cc3)OC2=O)ccc1OCCc1ccccc1. The first kappa shape index (κ1) is 21.1. The standard InChI is InChI=1S/C25H20INO4/c1-29-23-16-18(7-12-22(23)30-14-13-17-5-3-2-4-6-17)15-21-25(28)31-24(27-21)19-8-10-20(26)11-9-19/h2-12,15-16H,13-14H2,1H3/b21-15-. The molecule has 0 spiro atoms. The van der Waals surface area contributed by atoms with Crippen molar-refractivity contribution >= 4 is 40.5 Å². The Labute approximate surface area is 194 Å². The highest BCUT2D eigenvalue weighted by atomic mass is 127. The van der Waals surface area contributed by atoms with Gasteiger partial charge in [-0.2, -0.15) is 0 Å². The second kappa shape index (κ2) is 9.78. The zero-order chi connectivity index (χ0) is 21.6. The van der Waals surface area contributed by atoms with Crippen molar-refractivity contribution in [2.45, 2.75) is 6.42 Å². The third-order valence-electron chi connectivity index (χ3n) is 4.69. The Balaban J connectivity index is 1.48. The van der Waals surface area contributed by atoms with Crippen molar-refractivity contribution in [1.29, 1.82) is 0 Å². The molecule has 0 bridgehead atoms. The van der Waals surface area contributed by atoms with E-state index in [1.165, 1.54) is 5.56 Å². The number of halogens is 1. The minimum absolute atomic E-state index is 0.244. The van der Waals surface area contributed by atoms with E-state index in [0.717, 1.165) is 21.1 Å². The predicted octanol–water partition coefficient (Wildman–Crippen LogP) is 5.27. The van der Waals surface area contributed by atoms with E-state index in [1.807, 2.05) is 60.7 Å². The summed E-state index contributed by atoms with van der Waals surface area (Å²) in [7, 11) is 1.59. The highest BCUT2D eigenvalue weighted by Gasteiger charge is 2.24. The van der Waals surface area contributed by atoms with Crippen LogP contribution in [0.3, 0.4) is 0 Å². The van der Waals surface area contributed by atoms with Gasteiger partial charge < -0.3 is 14.2 Å². The first-order valence-corrected chi connectivity index (χ1v) is 10.8. The lowest BCUT2D eigenvalue weighted by Gasteiger charge is -2.11. The summed E-state index contributed by atoms with van der Waals surface area (Å²) in [6.07, 6.45) is 2.48. The summed E-state index contributed by atoms with van der Waals surface area (Å²) in [5.74, 6) is 1.07. The number of methoxy groups -OCH3 is 1. The van der Waals surface area contributed by atoms with E-state index >= 15 is 0 Å². The summed E-state index contributed by atoms with van der Waals surface area (Å²) in [6.45, 7) is 0.538. The van der Waals surface area contributed by atoms with Gasteiger partial charge in [0.05, 0.1) is 13.7 Å². The van der Waals surface area contributed by atoms with Crippen LogP contribution in [-0.2, 0) is 16.0 Å². The number of esters is 1. The summed E-state index contributed by atoms with van der Waals surface area (Å²) >= 11 is 2.22. The Morgan fingerprint density at radius 3 is 2.52 bits per heavy atom. The molecule has 5 nitrogen and oxygen atoms in total. The lowest BCUT2D eigenvalue weighted by molar-refractivity contribution is -0.129. The van der Waals surface area contributed by atoms with E-state index in [-0.39, 0.29) is 5.70 Å². The fraction of sp³-hybridized carbons (Fsp3) is 0.120. The molecule has 0 atom stereocenters. The van der Waals surface area contributed by atoms with Crippen molar-refractivity contribution < 1.29 is 19.0 Å². The smallest absolute Gasteiger partial charge is 0.363 e. The fourth-order valence-corrected chi connectivity index (χ4v) is 3.46. The Morgan fingerprint density at radius 2 is 1.77 bits per heavy atom. The number of benzene rings is 3. The van der Waals surface area contributed by atoms with Gasteiger partial charge in [0.15, 0.2) is 17.2 Å². The number of carbonyl (C=O) groups excluding carboxylic acids is 1. The van der Waals surface area contributed by atoms with Crippen LogP contribution in [0.1, 0.15) is 16.7 Å². The third-order valence-corrected chi connectivity index (χ3v) is 5.41. The summed E-state index contributed by atoms with van der Waals surface area (Å²) in [5.41, 5.74) is 2.99. The Bertz CT molecular complexity index is 1140. The van der Waals surface area contributed by atoms with Gasteiger partial charge >= 0.3 is 5.97 Å². The lowest BCUT2D eigenvalue weighted by Crippen LogP contribution is -2.05. The van der Waals surface area contributed by atoms with Crippen LogP contribution in [0.4, 0.5) is 0 Å². The highest BCUT2D eigenvalue weighted by Crippen LogP contribution is 2.30. The van der Waals surface area contributed by atoms with E-state index in [9.17, 15) is 4.79 Å². The Hall–Kier alpha value is -3.13. The van der Waals surface area contributed by atoms with Gasteiger partial charge in [-0.3, -0.25) is 0 Å². The summed E-state index contributed by atoms with van der Waals surface area (Å²) in [6, 6.07) is 23.3. The summed E-state index contributed by atoms with van der Waals surface area (Å²) in [5, 5.41) is 0. The first-order chi connectivity index (χ1) is 15.1. The van der Waals surface area contributed by atoms with Crippen molar-refractivity contribution in [3.05, 3.63) is 98.8 Å². The predicted molar refractivity (Wildman–Crippen MR) is 128 cm³/mol. The Kier molecular flexibility index (Phi) is 6.66. The molecule has 0 aromatic heterocycles. The number of cyclic esters (lactones) is 1. The van der Waals surface area contributed by atoms with Gasteiger partial charge in [-0.05, 0) is 76.2 Å². The van der Waals surface area contributed by atoms with Crippen molar-refractivity contribution in [2.75, 3.05) is 13.7 Å². The molecular formula is C25H20INO4. The molecule has 0 radical (unpaired) electrons. The number of carbonyl (C=O) groups is 1. The number of rotatable bonds is 7. The van der Waals surface area contributed by atoms with Crippen molar-refractivity contribution in [2.24, 2.45) is 4.99 Å². The number of aliphatic imine (C=N–C) groups is 1. The summed E-state index contributed by atoms with van der Waals surface area (Å²) < 4.78 is 17.8. The van der Waals surface area contributed by atoms with E-state index in [0.29, 0.717) is 24.0 Å². The molecule has 3 aromatic rings. The van der Waals surface area contributed by atoms with Crippen LogP contribution >= 0.6 is 22.6 Å². The van der Waals surface area contributed by atoms with Gasteiger partial charge in [0.2, 0.25) is 5.90 Å². The van der Waals surface area contributed by atoms with Gasteiger partial charge in [-0.15, -0.1) is 0 Å². The van der Waals surface area contributed by atoms with Crippen LogP contribution in [0, 0.1) is 3.57 Å². The normalized spacial score (nSPS) is 14.3. The maximum atomic E-state index is 12.3. The van der Waals surface area contributed by atoms with Crippen LogP contribution in [0.15, 0.2) is 83.5 Å². The molecule has 1 aliphatic heterocycles. The molecule has 0 saturated heterocycles. The maximum Gasteiger partial charge on any atom is 0.363 e. The van der Waals surface area contributed by atoms with Gasteiger partial charge in [-0.25, -0.2) is 9.79 Å². The molecule has 0 aliphatic carbocycles. The second-order valence-corrected chi connectivity index (χ2v) is 8.08. The number of hydrogen-bond donors (Lipinski definition) is 0. The summed E-state index contributed by atoms with van der Waals surface area (Å²) in [4.78, 5) is 16.6. The van der Waals surface area contributed by atoms with E-state index in [2.05, 4.69) is 39.7 Å². The lowest BCUT2D eigenvalue weighted by atomic mass is 10.1. The molecule has 6 heteroatoms. The fourth-order valence-electron chi connectivity index (χ4n) is 3.10. The number of hydrogen-bond acceptors (Lipinski definition) is 5. The second-order valence-electron chi connectivity index (χ2n) is 6.84. The van der Waals surface area contributed by atoms with Gasteiger partial charge in [0.25, 0.3) is 0 Å². The average molecular weight is 525 g/mol. The van der Waals surface area contributed by atoms with E-state index in [4.69, 9.17) is 14.2 Å². The van der Waals surface area contributed by atoms with Crippen molar-refractivity contribution in [3.8, 4) is 11.5 Å². The first-order valence-electron chi connectivity index (χ1n) is 9.75. The van der Waals surface area contributed by atoms with Crippen LogP contribution < -0.4 is 9.47 Å². The van der Waals surface area contributed by atoms with Crippen LogP contribution in [0.25, 0.3) is 6.08 Å². The quantitative estimate of drug-likeness (QED) is 0.240. The highest BCUT2D eigenvalue weighted by molar-refractivity contribution is 14.1. The van der Waals surface area contributed by atoms with E-state index in [1.54, 1.807) is 13.2 Å². The molecule has 1 heterocycles. The van der Waals surface area contributed by atoms with Crippen LogP contribution in [0.2, 0.25) is 0 Å². The minimum Gasteiger partial charge on any atom is -0.493 e. The van der Waals surface area contributed by atoms with Crippen LogP contribution in [-0.4, -0.2) is 25.6 Å². The Morgan fingerprint density at radius 1 is 1.00 bits per heavy atom. The molecular weight excluding hydrogens is 505 g/mol. The van der Waals surface area contributed by atoms with Crippen LogP contribution in [0.5, 0.6) is 11.5 Å². The topological polar surface area (TPSA) is 57.1 Å². The molecule has 0 unspecified atom stereocenters. The molecule has 0 N–H and O–H groups in total.